The Hall–Kier alpha value is -2.91. The van der Waals surface area contributed by atoms with E-state index >= 15 is 0 Å². The second-order valence-electron chi connectivity index (χ2n) is 7.10. The SMILES string of the molecule is O=C(CCN1CCN(CC(=O)Nc2cccc(F)c2)CC1)Nc1ccc(F)c(F)c1. The van der Waals surface area contributed by atoms with E-state index < -0.39 is 17.5 Å². The summed E-state index contributed by atoms with van der Waals surface area (Å²) in [6.45, 7) is 3.47. The molecule has 1 heterocycles. The fraction of sp³-hybridized carbons (Fsp3) is 0.333. The molecular formula is C21H23F3N4O2. The maximum Gasteiger partial charge on any atom is 0.238 e. The Morgan fingerprint density at radius 3 is 2.17 bits per heavy atom. The number of amides is 2. The third kappa shape index (κ3) is 6.57. The van der Waals surface area contributed by atoms with Crippen LogP contribution in [0.1, 0.15) is 6.42 Å². The highest BCUT2D eigenvalue weighted by Crippen LogP contribution is 2.14. The molecule has 0 unspecified atom stereocenters. The summed E-state index contributed by atoms with van der Waals surface area (Å²) in [6.07, 6.45) is 0.221. The van der Waals surface area contributed by atoms with Crippen LogP contribution < -0.4 is 10.6 Å². The van der Waals surface area contributed by atoms with Gasteiger partial charge in [-0.15, -0.1) is 0 Å². The third-order valence-electron chi connectivity index (χ3n) is 4.80. The Balaban J connectivity index is 1.35. The zero-order valence-electron chi connectivity index (χ0n) is 16.3. The van der Waals surface area contributed by atoms with Gasteiger partial charge >= 0.3 is 0 Å². The number of rotatable bonds is 7. The van der Waals surface area contributed by atoms with Crippen molar-refractivity contribution in [3.05, 3.63) is 59.9 Å². The first kappa shape index (κ1) is 21.8. The average Bonchev–Trinajstić information content (AvgIpc) is 2.70. The first-order valence-corrected chi connectivity index (χ1v) is 9.64. The van der Waals surface area contributed by atoms with Gasteiger partial charge in [0.1, 0.15) is 5.82 Å². The van der Waals surface area contributed by atoms with Gasteiger partial charge in [0.15, 0.2) is 11.6 Å². The van der Waals surface area contributed by atoms with Crippen molar-refractivity contribution in [1.29, 1.82) is 0 Å². The lowest BCUT2D eigenvalue weighted by molar-refractivity contribution is -0.117. The van der Waals surface area contributed by atoms with Crippen molar-refractivity contribution in [1.82, 2.24) is 9.80 Å². The molecule has 0 atom stereocenters. The minimum atomic E-state index is -1.01. The summed E-state index contributed by atoms with van der Waals surface area (Å²) in [5, 5.41) is 5.22. The van der Waals surface area contributed by atoms with Crippen LogP contribution in [0.3, 0.4) is 0 Å². The van der Waals surface area contributed by atoms with Crippen molar-refractivity contribution in [2.24, 2.45) is 0 Å². The maximum absolute atomic E-state index is 13.2. The number of nitrogens with one attached hydrogen (secondary N) is 2. The molecule has 0 aliphatic carbocycles. The molecule has 3 rings (SSSR count). The lowest BCUT2D eigenvalue weighted by Gasteiger charge is -2.34. The first-order valence-electron chi connectivity index (χ1n) is 9.64. The zero-order chi connectivity index (χ0) is 21.5. The topological polar surface area (TPSA) is 64.7 Å². The van der Waals surface area contributed by atoms with Gasteiger partial charge in [-0.05, 0) is 30.3 Å². The predicted octanol–water partition coefficient (Wildman–Crippen LogP) is 2.69. The molecule has 0 radical (unpaired) electrons. The van der Waals surface area contributed by atoms with E-state index in [0.29, 0.717) is 38.4 Å². The Morgan fingerprint density at radius 1 is 0.800 bits per heavy atom. The van der Waals surface area contributed by atoms with Gasteiger partial charge in [0.25, 0.3) is 0 Å². The van der Waals surface area contributed by atoms with Crippen molar-refractivity contribution < 1.29 is 22.8 Å². The summed E-state index contributed by atoms with van der Waals surface area (Å²) in [6, 6.07) is 8.96. The van der Waals surface area contributed by atoms with Crippen molar-refractivity contribution in [3.8, 4) is 0 Å². The van der Waals surface area contributed by atoms with E-state index in [2.05, 4.69) is 15.5 Å². The molecule has 0 aromatic heterocycles. The van der Waals surface area contributed by atoms with Crippen LogP contribution in [0.15, 0.2) is 42.5 Å². The summed E-state index contributed by atoms with van der Waals surface area (Å²) in [5.41, 5.74) is 0.638. The summed E-state index contributed by atoms with van der Waals surface area (Å²) >= 11 is 0. The van der Waals surface area contributed by atoms with E-state index in [1.165, 1.54) is 24.3 Å². The molecule has 0 spiro atoms. The number of carbonyl (C=O) groups excluding carboxylic acids is 2. The van der Waals surface area contributed by atoms with E-state index in [4.69, 9.17) is 0 Å². The maximum atomic E-state index is 13.2. The molecule has 1 aliphatic heterocycles. The number of anilines is 2. The van der Waals surface area contributed by atoms with E-state index in [9.17, 15) is 22.8 Å². The van der Waals surface area contributed by atoms with E-state index in [1.54, 1.807) is 6.07 Å². The molecule has 2 aromatic carbocycles. The van der Waals surface area contributed by atoms with Crippen molar-refractivity contribution in [2.75, 3.05) is 49.9 Å². The predicted molar refractivity (Wildman–Crippen MR) is 108 cm³/mol. The monoisotopic (exact) mass is 420 g/mol. The van der Waals surface area contributed by atoms with Gasteiger partial charge in [-0.1, -0.05) is 6.07 Å². The van der Waals surface area contributed by atoms with Gasteiger partial charge in [-0.2, -0.15) is 0 Å². The number of halogens is 3. The largest absolute Gasteiger partial charge is 0.326 e. The Kier molecular flexibility index (Phi) is 7.42. The van der Waals surface area contributed by atoms with Gasteiger partial charge in [-0.3, -0.25) is 14.5 Å². The molecule has 9 heteroatoms. The van der Waals surface area contributed by atoms with Crippen LogP contribution >= 0.6 is 0 Å². The first-order chi connectivity index (χ1) is 14.4. The highest BCUT2D eigenvalue weighted by molar-refractivity contribution is 5.92. The molecular weight excluding hydrogens is 397 g/mol. The lowest BCUT2D eigenvalue weighted by Crippen LogP contribution is -2.49. The minimum absolute atomic E-state index is 0.208. The molecule has 0 bridgehead atoms. The number of hydrogen-bond donors (Lipinski definition) is 2. The fourth-order valence-corrected chi connectivity index (χ4v) is 3.20. The van der Waals surface area contributed by atoms with Crippen LogP contribution in [0, 0.1) is 17.5 Å². The summed E-state index contributed by atoms with van der Waals surface area (Å²) in [5.74, 6) is -2.87. The van der Waals surface area contributed by atoms with Gasteiger partial charge < -0.3 is 15.5 Å². The van der Waals surface area contributed by atoms with Gasteiger partial charge in [0, 0.05) is 56.6 Å². The third-order valence-corrected chi connectivity index (χ3v) is 4.80. The highest BCUT2D eigenvalue weighted by atomic mass is 19.2. The molecule has 0 saturated carbocycles. The fourth-order valence-electron chi connectivity index (χ4n) is 3.20. The quantitative estimate of drug-likeness (QED) is 0.723. The van der Waals surface area contributed by atoms with Crippen molar-refractivity contribution in [2.45, 2.75) is 6.42 Å². The van der Waals surface area contributed by atoms with Crippen LogP contribution in [0.25, 0.3) is 0 Å². The van der Waals surface area contributed by atoms with Crippen LogP contribution in [0.4, 0.5) is 24.5 Å². The Bertz CT molecular complexity index is 902. The van der Waals surface area contributed by atoms with Gasteiger partial charge in [0.2, 0.25) is 11.8 Å². The summed E-state index contributed by atoms with van der Waals surface area (Å²) in [7, 11) is 0. The Labute approximate surface area is 172 Å². The molecule has 1 saturated heterocycles. The van der Waals surface area contributed by atoms with E-state index in [0.717, 1.165) is 12.1 Å². The summed E-state index contributed by atoms with van der Waals surface area (Å²) in [4.78, 5) is 28.2. The standard InChI is InChI=1S/C21H23F3N4O2/c22-15-2-1-3-16(12-15)26-21(30)14-28-10-8-27(9-11-28)7-6-20(29)25-17-4-5-18(23)19(24)13-17/h1-5,12-13H,6-11,14H2,(H,25,29)(H,26,30). The van der Waals surface area contributed by atoms with Crippen molar-refractivity contribution >= 4 is 23.2 Å². The van der Waals surface area contributed by atoms with Crippen LogP contribution in [-0.4, -0.2) is 60.9 Å². The number of carbonyl (C=O) groups is 2. The lowest BCUT2D eigenvalue weighted by atomic mass is 10.2. The van der Waals surface area contributed by atoms with Crippen LogP contribution in [0.5, 0.6) is 0 Å². The second-order valence-corrected chi connectivity index (χ2v) is 7.10. The van der Waals surface area contributed by atoms with Gasteiger partial charge in [0.05, 0.1) is 6.54 Å². The number of piperazine rings is 1. The van der Waals surface area contributed by atoms with Crippen LogP contribution in [0.2, 0.25) is 0 Å². The minimum Gasteiger partial charge on any atom is -0.326 e. The molecule has 30 heavy (non-hydrogen) atoms. The van der Waals surface area contributed by atoms with E-state index in [-0.39, 0.29) is 30.5 Å². The molecule has 1 aliphatic rings. The Morgan fingerprint density at radius 2 is 1.47 bits per heavy atom. The molecule has 6 nitrogen and oxygen atoms in total. The van der Waals surface area contributed by atoms with Crippen LogP contribution in [-0.2, 0) is 9.59 Å². The number of nitrogens with zero attached hydrogens (tertiary/aromatic N) is 2. The normalized spacial score (nSPS) is 15.0. The van der Waals surface area contributed by atoms with Crippen molar-refractivity contribution in [3.63, 3.8) is 0 Å². The highest BCUT2D eigenvalue weighted by Gasteiger charge is 2.19. The van der Waals surface area contributed by atoms with E-state index in [1.807, 2.05) is 4.90 Å². The molecule has 2 aromatic rings. The molecule has 1 fully saturated rings. The molecule has 2 amide bonds. The zero-order valence-corrected chi connectivity index (χ0v) is 16.3. The molecule has 160 valence electrons. The smallest absolute Gasteiger partial charge is 0.238 e. The number of benzene rings is 2. The second kappa shape index (κ2) is 10.2. The summed E-state index contributed by atoms with van der Waals surface area (Å²) < 4.78 is 39.3. The molecule has 2 N–H and O–H groups in total. The number of hydrogen-bond acceptors (Lipinski definition) is 4. The van der Waals surface area contributed by atoms with Gasteiger partial charge in [-0.25, -0.2) is 13.2 Å². The average molecular weight is 420 g/mol.